The first-order valence-corrected chi connectivity index (χ1v) is 8.56. The van der Waals surface area contributed by atoms with Gasteiger partial charge in [-0.15, -0.1) is 0 Å². The van der Waals surface area contributed by atoms with E-state index in [2.05, 4.69) is 10.6 Å². The number of benzene rings is 1. The molecule has 1 fully saturated rings. The van der Waals surface area contributed by atoms with Gasteiger partial charge in [0.05, 0.1) is 5.92 Å². The van der Waals surface area contributed by atoms with Crippen molar-refractivity contribution in [2.45, 2.75) is 32.4 Å². The van der Waals surface area contributed by atoms with Gasteiger partial charge in [0.1, 0.15) is 6.04 Å². The summed E-state index contributed by atoms with van der Waals surface area (Å²) in [6.07, 6.45) is 0.441. The van der Waals surface area contributed by atoms with E-state index in [0.717, 1.165) is 0 Å². The maximum Gasteiger partial charge on any atom is 0.308 e. The van der Waals surface area contributed by atoms with Crippen LogP contribution in [0.2, 0.25) is 0 Å². The highest BCUT2D eigenvalue weighted by Crippen LogP contribution is 2.28. The number of hydrogen-bond acceptors (Lipinski definition) is 5. The predicted molar refractivity (Wildman–Crippen MR) is 91.6 cm³/mol. The molecule has 2 aliphatic heterocycles. The summed E-state index contributed by atoms with van der Waals surface area (Å²) < 4.78 is 0. The van der Waals surface area contributed by atoms with E-state index in [1.807, 2.05) is 0 Å². The van der Waals surface area contributed by atoms with Crippen LogP contribution >= 0.6 is 0 Å². The Morgan fingerprint density at radius 3 is 2.74 bits per heavy atom. The van der Waals surface area contributed by atoms with Crippen LogP contribution in [0.1, 0.15) is 46.0 Å². The second-order valence-electron chi connectivity index (χ2n) is 6.72. The first-order valence-electron chi connectivity index (χ1n) is 8.56. The molecule has 1 saturated heterocycles. The fraction of sp³-hybridized carbons (Fsp3) is 0.389. The van der Waals surface area contributed by atoms with Gasteiger partial charge in [0.2, 0.25) is 11.8 Å². The van der Waals surface area contributed by atoms with E-state index in [1.54, 1.807) is 12.1 Å². The maximum atomic E-state index is 12.7. The topological polar surface area (TPSA) is 133 Å². The highest BCUT2D eigenvalue weighted by molar-refractivity contribution is 6.06. The fourth-order valence-corrected chi connectivity index (χ4v) is 3.13. The minimum atomic E-state index is -1.01. The molecule has 0 spiro atoms. The Morgan fingerprint density at radius 1 is 1.33 bits per heavy atom. The van der Waals surface area contributed by atoms with Crippen LogP contribution in [0, 0.1) is 5.92 Å². The molecule has 9 heteroatoms. The van der Waals surface area contributed by atoms with Gasteiger partial charge < -0.3 is 15.3 Å². The molecular formula is C18H19N3O6. The summed E-state index contributed by atoms with van der Waals surface area (Å²) in [5.74, 6) is -3.43. The van der Waals surface area contributed by atoms with Crippen molar-refractivity contribution in [3.63, 3.8) is 0 Å². The number of carboxylic acid groups (broad SMARTS) is 1. The fourth-order valence-electron chi connectivity index (χ4n) is 3.13. The van der Waals surface area contributed by atoms with E-state index in [4.69, 9.17) is 5.11 Å². The summed E-state index contributed by atoms with van der Waals surface area (Å²) >= 11 is 0. The molecule has 0 saturated carbocycles. The molecule has 4 amide bonds. The number of nitrogens with one attached hydrogen (secondary N) is 2. The molecule has 3 N–H and O–H groups in total. The lowest BCUT2D eigenvalue weighted by molar-refractivity contribution is -0.141. The third kappa shape index (κ3) is 3.67. The van der Waals surface area contributed by atoms with Crippen molar-refractivity contribution in [1.29, 1.82) is 0 Å². The maximum absolute atomic E-state index is 12.7. The molecule has 1 aromatic carbocycles. The summed E-state index contributed by atoms with van der Waals surface area (Å²) in [4.78, 5) is 60.5. The van der Waals surface area contributed by atoms with Crippen molar-refractivity contribution in [3.8, 4) is 0 Å². The van der Waals surface area contributed by atoms with Gasteiger partial charge in [-0.3, -0.25) is 29.3 Å². The number of carbonyl (C=O) groups is 5. The number of nitrogens with zero attached hydrogens (tertiary/aromatic N) is 1. The van der Waals surface area contributed by atoms with Crippen LogP contribution in [0.4, 0.5) is 0 Å². The van der Waals surface area contributed by atoms with Crippen LogP contribution in [0.5, 0.6) is 0 Å². The van der Waals surface area contributed by atoms with E-state index in [1.165, 1.54) is 17.9 Å². The predicted octanol–water partition coefficient (Wildman–Crippen LogP) is -0.102. The van der Waals surface area contributed by atoms with Crippen molar-refractivity contribution < 1.29 is 29.1 Å². The first kappa shape index (κ1) is 18.6. The number of carboxylic acids is 1. The second-order valence-corrected chi connectivity index (χ2v) is 6.72. The molecule has 0 bridgehead atoms. The average Bonchev–Trinajstić information content (AvgIpc) is 2.95. The van der Waals surface area contributed by atoms with Crippen LogP contribution in [0.25, 0.3) is 0 Å². The van der Waals surface area contributed by atoms with Crippen molar-refractivity contribution in [3.05, 3.63) is 34.9 Å². The highest BCUT2D eigenvalue weighted by atomic mass is 16.4. The molecule has 0 radical (unpaired) electrons. The van der Waals surface area contributed by atoms with Gasteiger partial charge in [0, 0.05) is 30.6 Å². The molecule has 9 nitrogen and oxygen atoms in total. The number of carbonyl (C=O) groups excluding carboxylic acids is 4. The van der Waals surface area contributed by atoms with Gasteiger partial charge in [0.15, 0.2) is 0 Å². The molecule has 2 unspecified atom stereocenters. The standard InChI is InChI=1S/C18H19N3O6/c1-9(18(26)27)7-19-15(23)10-2-3-11-8-21(17(25)12(11)6-10)13-4-5-14(22)20-16(13)24/h2-3,6,9,13H,4-5,7-8H2,1H3,(H,19,23)(H,26,27)(H,20,22,24). The lowest BCUT2D eigenvalue weighted by Gasteiger charge is -2.29. The van der Waals surface area contributed by atoms with Crippen LogP contribution in [-0.4, -0.2) is 52.2 Å². The van der Waals surface area contributed by atoms with E-state index in [0.29, 0.717) is 11.1 Å². The van der Waals surface area contributed by atoms with E-state index in [9.17, 15) is 24.0 Å². The van der Waals surface area contributed by atoms with Gasteiger partial charge in [-0.2, -0.15) is 0 Å². The number of piperidine rings is 1. The van der Waals surface area contributed by atoms with Gasteiger partial charge in [0.25, 0.3) is 11.8 Å². The molecule has 1 aromatic rings. The minimum absolute atomic E-state index is 0.0262. The largest absolute Gasteiger partial charge is 0.481 e. The molecule has 0 aliphatic carbocycles. The van der Waals surface area contributed by atoms with Crippen molar-refractivity contribution >= 4 is 29.6 Å². The Hall–Kier alpha value is -3.23. The molecule has 2 atom stereocenters. The number of fused-ring (bicyclic) bond motifs is 1. The Bertz CT molecular complexity index is 849. The summed E-state index contributed by atoms with van der Waals surface area (Å²) in [6, 6.07) is 3.94. The van der Waals surface area contributed by atoms with Crippen molar-refractivity contribution in [1.82, 2.24) is 15.5 Å². The molecule has 3 rings (SSSR count). The number of imide groups is 1. The van der Waals surface area contributed by atoms with E-state index < -0.39 is 29.7 Å². The quantitative estimate of drug-likeness (QED) is 0.617. The molecule has 142 valence electrons. The molecular weight excluding hydrogens is 354 g/mol. The summed E-state index contributed by atoms with van der Waals surface area (Å²) in [5, 5.41) is 13.6. The third-order valence-corrected chi connectivity index (χ3v) is 4.78. The number of aliphatic carboxylic acids is 1. The summed E-state index contributed by atoms with van der Waals surface area (Å²) in [7, 11) is 0. The van der Waals surface area contributed by atoms with Gasteiger partial charge >= 0.3 is 5.97 Å². The smallest absolute Gasteiger partial charge is 0.308 e. The molecule has 27 heavy (non-hydrogen) atoms. The van der Waals surface area contributed by atoms with Gasteiger partial charge in [-0.25, -0.2) is 0 Å². The van der Waals surface area contributed by atoms with E-state index >= 15 is 0 Å². The number of rotatable bonds is 5. The lowest BCUT2D eigenvalue weighted by Crippen LogP contribution is -2.52. The Morgan fingerprint density at radius 2 is 2.07 bits per heavy atom. The van der Waals surface area contributed by atoms with Gasteiger partial charge in [-0.05, 0) is 24.1 Å². The normalized spacial score (nSPS) is 20.1. The molecule has 0 aromatic heterocycles. The van der Waals surface area contributed by atoms with Crippen molar-refractivity contribution in [2.24, 2.45) is 5.92 Å². The van der Waals surface area contributed by atoms with E-state index in [-0.39, 0.29) is 43.3 Å². The summed E-state index contributed by atoms with van der Waals surface area (Å²) in [5.41, 5.74) is 1.27. The lowest BCUT2D eigenvalue weighted by atomic mass is 10.0. The van der Waals surface area contributed by atoms with Crippen LogP contribution < -0.4 is 10.6 Å². The SMILES string of the molecule is CC(CNC(=O)c1ccc2c(c1)C(=O)N(C1CCC(=O)NC1=O)C2)C(=O)O. The minimum Gasteiger partial charge on any atom is -0.481 e. The number of amides is 4. The van der Waals surface area contributed by atoms with Crippen LogP contribution in [0.3, 0.4) is 0 Å². The average molecular weight is 373 g/mol. The monoisotopic (exact) mass is 373 g/mol. The second kappa shape index (κ2) is 7.18. The zero-order chi connectivity index (χ0) is 19.7. The highest BCUT2D eigenvalue weighted by Gasteiger charge is 2.39. The van der Waals surface area contributed by atoms with Crippen LogP contribution in [0.15, 0.2) is 18.2 Å². The molecule has 2 aliphatic rings. The zero-order valence-electron chi connectivity index (χ0n) is 14.7. The van der Waals surface area contributed by atoms with Gasteiger partial charge in [-0.1, -0.05) is 13.0 Å². The summed E-state index contributed by atoms with van der Waals surface area (Å²) in [6.45, 7) is 1.69. The van der Waals surface area contributed by atoms with Crippen LogP contribution in [-0.2, 0) is 20.9 Å². The molecule has 2 heterocycles. The third-order valence-electron chi connectivity index (χ3n) is 4.78. The first-order chi connectivity index (χ1) is 12.8. The Kier molecular flexibility index (Phi) is 4.93. The van der Waals surface area contributed by atoms with Crippen molar-refractivity contribution in [2.75, 3.05) is 6.54 Å². The number of hydrogen-bond donors (Lipinski definition) is 3. The Labute approximate surface area is 154 Å². The zero-order valence-corrected chi connectivity index (χ0v) is 14.7. The Balaban J connectivity index is 1.72.